The quantitative estimate of drug-likeness (QED) is 0.717. The van der Waals surface area contributed by atoms with Crippen LogP contribution in [0.3, 0.4) is 0 Å². The van der Waals surface area contributed by atoms with Crippen molar-refractivity contribution >= 4 is 15.8 Å². The maximum Gasteiger partial charge on any atom is 0.312 e. The van der Waals surface area contributed by atoms with Gasteiger partial charge < -0.3 is 14.6 Å². The van der Waals surface area contributed by atoms with Gasteiger partial charge in [-0.2, -0.15) is 8.78 Å². The highest BCUT2D eigenvalue weighted by atomic mass is 32.2. The largest absolute Gasteiger partial charge is 0.544 e. The van der Waals surface area contributed by atoms with Crippen LogP contribution in [-0.4, -0.2) is 43.5 Å². The molecule has 2 aliphatic carbocycles. The van der Waals surface area contributed by atoms with E-state index in [1.807, 2.05) is 0 Å². The fraction of sp³-hybridized carbons (Fsp3) is 0.929. The highest BCUT2D eigenvalue weighted by Gasteiger charge is 2.64. The highest BCUT2D eigenvalue weighted by molar-refractivity contribution is 7.92. The number of carboxylic acids is 1. The third-order valence-corrected chi connectivity index (χ3v) is 7.76. The molecule has 22 heavy (non-hydrogen) atoms. The van der Waals surface area contributed by atoms with Gasteiger partial charge in [0, 0.05) is 5.92 Å². The first kappa shape index (κ1) is 16.1. The highest BCUT2D eigenvalue weighted by Crippen LogP contribution is 2.57. The molecule has 6 unspecified atom stereocenters. The molecule has 3 fully saturated rings. The summed E-state index contributed by atoms with van der Waals surface area (Å²) in [5.41, 5.74) is 0. The summed E-state index contributed by atoms with van der Waals surface area (Å²) in [6, 6.07) is 0. The molecule has 0 aromatic heterocycles. The van der Waals surface area contributed by atoms with Crippen molar-refractivity contribution in [2.45, 2.75) is 50.1 Å². The first-order valence-electron chi connectivity index (χ1n) is 7.52. The van der Waals surface area contributed by atoms with E-state index in [1.54, 1.807) is 0 Å². The van der Waals surface area contributed by atoms with Gasteiger partial charge in [0.15, 0.2) is 9.84 Å². The number of halogens is 2. The van der Waals surface area contributed by atoms with Crippen LogP contribution in [0.25, 0.3) is 0 Å². The van der Waals surface area contributed by atoms with Gasteiger partial charge in [0.25, 0.3) is 0 Å². The Labute approximate surface area is 127 Å². The van der Waals surface area contributed by atoms with E-state index in [2.05, 4.69) is 0 Å². The van der Waals surface area contributed by atoms with E-state index in [9.17, 15) is 27.1 Å². The number of hydrogen-bond acceptors (Lipinski definition) is 5. The molecule has 1 saturated heterocycles. The lowest BCUT2D eigenvalue weighted by Gasteiger charge is -2.36. The fourth-order valence-electron chi connectivity index (χ4n) is 4.56. The molecule has 5 nitrogen and oxygen atoms in total. The van der Waals surface area contributed by atoms with Crippen molar-refractivity contribution in [3.8, 4) is 0 Å². The second kappa shape index (κ2) is 4.87. The monoisotopic (exact) mass is 337 g/mol. The lowest BCUT2D eigenvalue weighted by atomic mass is 9.87. The van der Waals surface area contributed by atoms with Crippen LogP contribution in [0, 0.1) is 23.7 Å². The van der Waals surface area contributed by atoms with Crippen molar-refractivity contribution in [3.05, 3.63) is 0 Å². The molecule has 1 heterocycles. The molecular weight excluding hydrogens is 318 g/mol. The van der Waals surface area contributed by atoms with E-state index in [0.29, 0.717) is 12.8 Å². The lowest BCUT2D eigenvalue weighted by molar-refractivity contribution is -0.341. The minimum Gasteiger partial charge on any atom is -0.544 e. The number of rotatable bonds is 5. The Morgan fingerprint density at radius 2 is 1.91 bits per heavy atom. The van der Waals surface area contributed by atoms with E-state index in [1.165, 1.54) is 13.8 Å². The smallest absolute Gasteiger partial charge is 0.312 e. The lowest BCUT2D eigenvalue weighted by Crippen LogP contribution is -2.54. The van der Waals surface area contributed by atoms with Crippen LogP contribution in [0.4, 0.5) is 8.78 Å². The topological polar surface area (TPSA) is 83.5 Å². The molecule has 0 N–H and O–H groups in total. The van der Waals surface area contributed by atoms with Crippen LogP contribution in [0.15, 0.2) is 0 Å². The van der Waals surface area contributed by atoms with E-state index >= 15 is 0 Å². The number of carboxylic acid groups (broad SMARTS) is 1. The van der Waals surface area contributed by atoms with Crippen molar-refractivity contribution in [2.24, 2.45) is 23.7 Å². The summed E-state index contributed by atoms with van der Waals surface area (Å²) >= 11 is 0. The molecule has 1 aliphatic heterocycles. The number of carbonyl (C=O) groups excluding carboxylic acids is 1. The van der Waals surface area contributed by atoms with Crippen molar-refractivity contribution in [1.29, 1.82) is 0 Å². The SMILES string of the molecule is CC(C)C(OC1C2CC3C1CS(=O)(=O)C3C2)C(F)(F)C(=O)[O-]. The predicted octanol–water partition coefficient (Wildman–Crippen LogP) is 0.234. The molecule has 0 aromatic rings. The van der Waals surface area contributed by atoms with Crippen molar-refractivity contribution < 1.29 is 31.8 Å². The van der Waals surface area contributed by atoms with Gasteiger partial charge in [0.2, 0.25) is 0 Å². The Bertz CT molecular complexity index is 588. The maximum atomic E-state index is 13.8. The van der Waals surface area contributed by atoms with Crippen molar-refractivity contribution in [1.82, 2.24) is 0 Å². The standard InChI is InChI=1S/C14H20F2O5S/c1-6(2)12(14(15,16)13(17)18)21-11-7-3-8-9(11)5-22(19,20)10(8)4-7/h6-12H,3-5H2,1-2H3,(H,17,18)/p-1. The first-order valence-corrected chi connectivity index (χ1v) is 9.23. The zero-order chi connectivity index (χ0) is 16.4. The molecule has 3 rings (SSSR count). The Hall–Kier alpha value is -0.760. The van der Waals surface area contributed by atoms with Gasteiger partial charge >= 0.3 is 5.92 Å². The van der Waals surface area contributed by atoms with Gasteiger partial charge in [0.05, 0.1) is 17.1 Å². The third kappa shape index (κ3) is 2.18. The summed E-state index contributed by atoms with van der Waals surface area (Å²) in [7, 11) is -3.17. The second-order valence-corrected chi connectivity index (χ2v) is 9.37. The Kier molecular flexibility index (Phi) is 3.56. The zero-order valence-electron chi connectivity index (χ0n) is 12.4. The van der Waals surface area contributed by atoms with E-state index in [4.69, 9.17) is 4.74 Å². The maximum absolute atomic E-state index is 13.8. The Balaban J connectivity index is 1.83. The number of aliphatic carboxylic acids is 1. The van der Waals surface area contributed by atoms with Crippen molar-refractivity contribution in [3.63, 3.8) is 0 Å². The zero-order valence-corrected chi connectivity index (χ0v) is 13.2. The van der Waals surface area contributed by atoms with Crippen LogP contribution < -0.4 is 5.11 Å². The number of fused-ring (bicyclic) bond motifs is 1. The molecule has 8 heteroatoms. The van der Waals surface area contributed by atoms with Gasteiger partial charge in [-0.15, -0.1) is 0 Å². The van der Waals surface area contributed by atoms with Crippen LogP contribution in [0.2, 0.25) is 0 Å². The van der Waals surface area contributed by atoms with Gasteiger partial charge in [-0.05, 0) is 30.6 Å². The summed E-state index contributed by atoms with van der Waals surface area (Å²) < 4.78 is 57.3. The summed E-state index contributed by atoms with van der Waals surface area (Å²) in [4.78, 5) is 10.7. The fourth-order valence-corrected chi connectivity index (χ4v) is 7.17. The van der Waals surface area contributed by atoms with Crippen LogP contribution >= 0.6 is 0 Å². The summed E-state index contributed by atoms with van der Waals surface area (Å²) in [5.74, 6) is -7.68. The molecule has 6 atom stereocenters. The van der Waals surface area contributed by atoms with Gasteiger partial charge in [-0.3, -0.25) is 0 Å². The minimum atomic E-state index is -4.09. The van der Waals surface area contributed by atoms with E-state index < -0.39 is 39.9 Å². The molecular formula is C14H19F2O5S-. The third-order valence-electron chi connectivity index (χ3n) is 5.45. The minimum absolute atomic E-state index is 0.0237. The van der Waals surface area contributed by atoms with Gasteiger partial charge in [0.1, 0.15) is 12.1 Å². The molecule has 3 aliphatic rings. The Morgan fingerprint density at radius 1 is 1.27 bits per heavy atom. The Morgan fingerprint density at radius 3 is 2.45 bits per heavy atom. The average Bonchev–Trinajstić information content (AvgIpc) is 2.97. The number of sulfone groups is 1. The molecule has 0 amide bonds. The summed E-state index contributed by atoms with van der Waals surface area (Å²) in [6.07, 6.45) is -1.30. The molecule has 2 saturated carbocycles. The summed E-state index contributed by atoms with van der Waals surface area (Å²) in [6.45, 7) is 2.92. The molecule has 126 valence electrons. The van der Waals surface area contributed by atoms with Crippen LogP contribution in [0.1, 0.15) is 26.7 Å². The average molecular weight is 337 g/mol. The number of carbonyl (C=O) groups is 1. The molecule has 2 bridgehead atoms. The number of alkyl halides is 2. The second-order valence-electron chi connectivity index (χ2n) is 7.10. The molecule has 0 spiro atoms. The summed E-state index contributed by atoms with van der Waals surface area (Å²) in [5, 5.41) is 10.4. The van der Waals surface area contributed by atoms with Crippen molar-refractivity contribution in [2.75, 3.05) is 5.75 Å². The first-order chi connectivity index (χ1) is 10.1. The molecule has 0 aromatic carbocycles. The molecule has 0 radical (unpaired) electrons. The van der Waals surface area contributed by atoms with Crippen LogP contribution in [-0.2, 0) is 19.4 Å². The normalized spacial score (nSPS) is 40.3. The number of hydrogen-bond donors (Lipinski definition) is 0. The van der Waals surface area contributed by atoms with E-state index in [-0.39, 0.29) is 28.8 Å². The predicted molar refractivity (Wildman–Crippen MR) is 70.7 cm³/mol. The van der Waals surface area contributed by atoms with Gasteiger partial charge in [-0.25, -0.2) is 8.42 Å². The number of ether oxygens (including phenoxy) is 1. The van der Waals surface area contributed by atoms with E-state index in [0.717, 1.165) is 0 Å². The van der Waals surface area contributed by atoms with Crippen LogP contribution in [0.5, 0.6) is 0 Å². The van der Waals surface area contributed by atoms with Gasteiger partial charge in [-0.1, -0.05) is 13.8 Å².